The van der Waals surface area contributed by atoms with Gasteiger partial charge in [-0.25, -0.2) is 24.2 Å². The third-order valence-electron chi connectivity index (χ3n) is 8.38. The van der Waals surface area contributed by atoms with Gasteiger partial charge < -0.3 is 29.2 Å². The molecule has 0 aliphatic carbocycles. The quantitative estimate of drug-likeness (QED) is 0.168. The molecule has 1 aliphatic rings. The minimum Gasteiger partial charge on any atom is -0.467 e. The van der Waals surface area contributed by atoms with Gasteiger partial charge in [-0.2, -0.15) is 0 Å². The molecule has 1 N–H and O–H groups in total. The van der Waals surface area contributed by atoms with E-state index in [1.54, 1.807) is 66.8 Å². The monoisotopic (exact) mass is 782 g/mol. The molecule has 16 heteroatoms. The Balaban J connectivity index is 1.63. The number of aromatic nitrogens is 2. The van der Waals surface area contributed by atoms with Crippen LogP contribution in [0.2, 0.25) is 5.02 Å². The first-order valence-corrected chi connectivity index (χ1v) is 18.3. The summed E-state index contributed by atoms with van der Waals surface area (Å²) in [6, 6.07) is 14.5. The Kier molecular flexibility index (Phi) is 13.8. The van der Waals surface area contributed by atoms with E-state index in [1.807, 2.05) is 30.3 Å². The van der Waals surface area contributed by atoms with Gasteiger partial charge in [0.25, 0.3) is 5.56 Å². The summed E-state index contributed by atoms with van der Waals surface area (Å²) in [4.78, 5) is 74.6. The van der Waals surface area contributed by atoms with Gasteiger partial charge in [0.2, 0.25) is 0 Å². The fourth-order valence-electron chi connectivity index (χ4n) is 5.88. The Bertz CT molecular complexity index is 1910. The normalized spacial score (nSPS) is 15.6. The number of nitrogens with zero attached hydrogens (tertiary/aromatic N) is 5. The number of carbonyl (C=O) groups excluding carboxylic acids is 4. The van der Waals surface area contributed by atoms with Gasteiger partial charge in [0, 0.05) is 51.8 Å². The van der Waals surface area contributed by atoms with Crippen molar-refractivity contribution in [2.24, 2.45) is 7.05 Å². The smallest absolute Gasteiger partial charge is 0.415 e. The molecule has 15 nitrogen and oxygen atoms in total. The van der Waals surface area contributed by atoms with Crippen molar-refractivity contribution in [3.05, 3.63) is 75.5 Å². The Hall–Kier alpha value is -5.31. The molecule has 4 rings (SSSR count). The molecule has 3 aromatic rings. The highest BCUT2D eigenvalue weighted by atomic mass is 35.5. The molecule has 55 heavy (non-hydrogen) atoms. The number of carbonyl (C=O) groups is 4. The average molecular weight is 783 g/mol. The van der Waals surface area contributed by atoms with E-state index in [4.69, 9.17) is 35.5 Å². The van der Waals surface area contributed by atoms with Crippen LogP contribution in [0.15, 0.2) is 59.4 Å². The molecule has 2 aromatic heterocycles. The van der Waals surface area contributed by atoms with E-state index in [2.05, 4.69) is 5.32 Å². The molecule has 0 unspecified atom stereocenters. The van der Waals surface area contributed by atoms with Crippen molar-refractivity contribution in [1.82, 2.24) is 19.4 Å². The maximum atomic E-state index is 13.8. The molecule has 0 spiro atoms. The third kappa shape index (κ3) is 11.6. The number of halogens is 1. The first-order valence-electron chi connectivity index (χ1n) is 17.9. The number of ether oxygens (including phenoxy) is 4. The topological polar surface area (TPSA) is 162 Å². The van der Waals surface area contributed by atoms with Crippen molar-refractivity contribution in [2.75, 3.05) is 44.0 Å². The summed E-state index contributed by atoms with van der Waals surface area (Å²) < 4.78 is 23.0. The predicted molar refractivity (Wildman–Crippen MR) is 208 cm³/mol. The lowest BCUT2D eigenvalue weighted by Gasteiger charge is -2.31. The van der Waals surface area contributed by atoms with Crippen LogP contribution in [-0.4, -0.2) is 101 Å². The number of methoxy groups -OCH3 is 1. The highest BCUT2D eigenvalue weighted by Crippen LogP contribution is 2.33. The Morgan fingerprint density at radius 1 is 0.945 bits per heavy atom. The van der Waals surface area contributed by atoms with Gasteiger partial charge in [0.05, 0.1) is 12.8 Å². The predicted octanol–water partition coefficient (Wildman–Crippen LogP) is 6.46. The number of esters is 1. The number of amides is 3. The number of benzene rings is 1. The summed E-state index contributed by atoms with van der Waals surface area (Å²) in [5, 5.41) is 3.21. The van der Waals surface area contributed by atoms with Crippen LogP contribution in [0.5, 0.6) is 0 Å². The molecule has 0 bridgehead atoms. The van der Waals surface area contributed by atoms with E-state index in [0.29, 0.717) is 23.5 Å². The van der Waals surface area contributed by atoms with Crippen LogP contribution in [-0.2, 0) is 37.4 Å². The van der Waals surface area contributed by atoms with Crippen molar-refractivity contribution >= 4 is 47.5 Å². The lowest BCUT2D eigenvalue weighted by Crippen LogP contribution is -2.42. The van der Waals surface area contributed by atoms with Gasteiger partial charge in [-0.3, -0.25) is 19.2 Å². The number of rotatable bonds is 11. The zero-order valence-corrected chi connectivity index (χ0v) is 33.6. The van der Waals surface area contributed by atoms with Crippen LogP contribution in [0.3, 0.4) is 0 Å². The van der Waals surface area contributed by atoms with Gasteiger partial charge in [-0.1, -0.05) is 48.0 Å². The van der Waals surface area contributed by atoms with Crippen LogP contribution in [0, 0.1) is 0 Å². The lowest BCUT2D eigenvalue weighted by atomic mass is 10.1. The zero-order valence-electron chi connectivity index (χ0n) is 32.9. The maximum Gasteiger partial charge on any atom is 0.415 e. The summed E-state index contributed by atoms with van der Waals surface area (Å²) in [5.74, 6) is -0.0109. The second kappa shape index (κ2) is 17.9. The van der Waals surface area contributed by atoms with Crippen LogP contribution in [0.4, 0.5) is 26.0 Å². The first-order chi connectivity index (χ1) is 25.8. The molecular formula is C39H51ClN6O9. The van der Waals surface area contributed by atoms with Gasteiger partial charge in [0.1, 0.15) is 40.5 Å². The van der Waals surface area contributed by atoms with E-state index in [9.17, 15) is 24.0 Å². The summed E-state index contributed by atoms with van der Waals surface area (Å²) in [7, 11) is 4.36. The fourth-order valence-corrected chi connectivity index (χ4v) is 6.12. The van der Waals surface area contributed by atoms with Crippen LogP contribution in [0.25, 0.3) is 11.3 Å². The fraction of sp³-hybridized carbons (Fsp3) is 0.487. The van der Waals surface area contributed by atoms with Crippen molar-refractivity contribution in [2.45, 2.75) is 84.3 Å². The number of hydrogen-bond acceptors (Lipinski definition) is 11. The maximum absolute atomic E-state index is 13.8. The van der Waals surface area contributed by atoms with Crippen LogP contribution < -0.4 is 15.8 Å². The van der Waals surface area contributed by atoms with E-state index < -0.39 is 53.1 Å². The molecule has 1 saturated heterocycles. The molecule has 1 aliphatic heterocycles. The summed E-state index contributed by atoms with van der Waals surface area (Å²) in [5.41, 5.74) is -0.591. The minimum absolute atomic E-state index is 0.0387. The second-order valence-corrected chi connectivity index (χ2v) is 15.6. The molecule has 0 radical (unpaired) electrons. The summed E-state index contributed by atoms with van der Waals surface area (Å²) in [6.45, 7) is 11.0. The second-order valence-electron chi connectivity index (χ2n) is 15.2. The SMILES string of the molecule is COC(=O)[C@@H]1C[C@H](Nc2cccc(-c3cc(Cl)c(=O)n(C)c3N(CCCN(C)C(=O)OC(C)(C)C)C(=O)OC(C)(C)C)n2)CN1C(=O)OCc1ccccc1. The summed E-state index contributed by atoms with van der Waals surface area (Å²) >= 11 is 6.45. The molecule has 1 fully saturated rings. The number of likely N-dealkylation sites (tertiary alicyclic amines) is 1. The first kappa shape index (κ1) is 42.4. The van der Waals surface area contributed by atoms with Gasteiger partial charge in [-0.05, 0) is 71.7 Å². The highest BCUT2D eigenvalue weighted by molar-refractivity contribution is 6.30. The van der Waals surface area contributed by atoms with Crippen LogP contribution >= 0.6 is 11.6 Å². The Labute approximate surface area is 326 Å². The van der Waals surface area contributed by atoms with Gasteiger partial charge in [-0.15, -0.1) is 0 Å². The van der Waals surface area contributed by atoms with E-state index in [1.165, 1.54) is 39.5 Å². The third-order valence-corrected chi connectivity index (χ3v) is 8.65. The highest BCUT2D eigenvalue weighted by Gasteiger charge is 2.41. The summed E-state index contributed by atoms with van der Waals surface area (Å²) in [6.07, 6.45) is -1.38. The van der Waals surface area contributed by atoms with E-state index in [-0.39, 0.29) is 43.5 Å². The Morgan fingerprint density at radius 2 is 1.60 bits per heavy atom. The molecule has 3 heterocycles. The van der Waals surface area contributed by atoms with E-state index >= 15 is 0 Å². The van der Waals surface area contributed by atoms with Gasteiger partial charge in [0.15, 0.2) is 0 Å². The number of anilines is 2. The van der Waals surface area contributed by atoms with Gasteiger partial charge >= 0.3 is 24.2 Å². The minimum atomic E-state index is -0.889. The standard InChI is InChI=1S/C39H51ClN6O9/c1-38(2,3)54-35(49)43(7)19-14-20-45(37(51)55-39(4,5)6)32-27(22-28(40)33(47)44(32)8)29-17-13-18-31(42-29)41-26-21-30(34(48)52-9)46(23-26)36(50)53-24-25-15-11-10-12-16-25/h10-13,15-18,22,26,30H,14,19-21,23-24H2,1-9H3,(H,41,42)/t26-,30-/m0/s1. The lowest BCUT2D eigenvalue weighted by molar-refractivity contribution is -0.145. The number of nitrogens with one attached hydrogen (secondary N) is 1. The van der Waals surface area contributed by atoms with Crippen LogP contribution in [0.1, 0.15) is 59.9 Å². The average Bonchev–Trinajstić information content (AvgIpc) is 3.54. The molecule has 298 valence electrons. The number of pyridine rings is 2. The molecular weight excluding hydrogens is 732 g/mol. The molecule has 3 amide bonds. The molecule has 1 aromatic carbocycles. The largest absolute Gasteiger partial charge is 0.467 e. The van der Waals surface area contributed by atoms with Crippen molar-refractivity contribution in [3.8, 4) is 11.3 Å². The molecule has 2 atom stereocenters. The number of hydrogen-bond donors (Lipinski definition) is 1. The van der Waals surface area contributed by atoms with Crippen molar-refractivity contribution in [3.63, 3.8) is 0 Å². The molecule has 0 saturated carbocycles. The van der Waals surface area contributed by atoms with Crippen molar-refractivity contribution < 1.29 is 38.1 Å². The Morgan fingerprint density at radius 3 is 2.24 bits per heavy atom. The zero-order chi connectivity index (χ0) is 40.7. The van der Waals surface area contributed by atoms with Crippen molar-refractivity contribution in [1.29, 1.82) is 0 Å². The van der Waals surface area contributed by atoms with E-state index in [0.717, 1.165) is 5.56 Å².